The lowest BCUT2D eigenvalue weighted by Crippen LogP contribution is -2.47. The number of ether oxygens (including phenoxy) is 1. The molecule has 0 spiro atoms. The van der Waals surface area contributed by atoms with E-state index in [0.717, 1.165) is 11.4 Å². The summed E-state index contributed by atoms with van der Waals surface area (Å²) >= 11 is 1.75. The Morgan fingerprint density at radius 1 is 1.44 bits per heavy atom. The van der Waals surface area contributed by atoms with Gasteiger partial charge in [0.25, 0.3) is 5.91 Å². The first-order valence-corrected chi connectivity index (χ1v) is 6.44. The van der Waals surface area contributed by atoms with Crippen LogP contribution in [0.25, 0.3) is 0 Å². The molecule has 1 aliphatic heterocycles. The van der Waals surface area contributed by atoms with Crippen LogP contribution in [-0.4, -0.2) is 29.6 Å². The Balaban J connectivity index is 2.02. The van der Waals surface area contributed by atoms with Crippen molar-refractivity contribution < 1.29 is 9.53 Å². The van der Waals surface area contributed by atoms with Crippen molar-refractivity contribution >= 4 is 23.4 Å². The van der Waals surface area contributed by atoms with Gasteiger partial charge in [0.1, 0.15) is 0 Å². The number of benzene rings is 1. The molecule has 0 saturated carbocycles. The number of carbonyl (C=O) groups is 1. The highest BCUT2D eigenvalue weighted by atomic mass is 32.2. The molecule has 0 aromatic heterocycles. The van der Waals surface area contributed by atoms with Gasteiger partial charge in [-0.3, -0.25) is 4.79 Å². The second-order valence-corrected chi connectivity index (χ2v) is 5.06. The van der Waals surface area contributed by atoms with Gasteiger partial charge >= 0.3 is 0 Å². The molecule has 1 fully saturated rings. The van der Waals surface area contributed by atoms with Gasteiger partial charge in [-0.1, -0.05) is 18.2 Å². The monoisotopic (exact) mass is 237 g/mol. The van der Waals surface area contributed by atoms with Crippen LogP contribution in [0.3, 0.4) is 0 Å². The second-order valence-electron chi connectivity index (χ2n) is 3.95. The average molecular weight is 237 g/mol. The number of anilines is 1. The van der Waals surface area contributed by atoms with Crippen molar-refractivity contribution in [3.8, 4) is 0 Å². The van der Waals surface area contributed by atoms with Crippen LogP contribution in [0.1, 0.15) is 6.92 Å². The molecule has 1 atom stereocenters. The lowest BCUT2D eigenvalue weighted by molar-refractivity contribution is -0.136. The summed E-state index contributed by atoms with van der Waals surface area (Å²) in [6.07, 6.45) is 0. The molecule has 1 unspecified atom stereocenters. The Morgan fingerprint density at radius 3 is 2.81 bits per heavy atom. The molecule has 1 heterocycles. The summed E-state index contributed by atoms with van der Waals surface area (Å²) in [6.45, 7) is 2.49. The standard InChI is InChI=1S/C12H15NO2S/c1-12(9-16-8-7-15-12)11(14)13-10-5-3-2-4-6-10/h2-6H,7-9H2,1H3,(H,13,14). The first-order chi connectivity index (χ1) is 7.71. The van der Waals surface area contributed by atoms with E-state index in [9.17, 15) is 4.79 Å². The molecule has 4 heteroatoms. The normalized spacial score (nSPS) is 25.1. The van der Waals surface area contributed by atoms with Crippen LogP contribution >= 0.6 is 11.8 Å². The summed E-state index contributed by atoms with van der Waals surface area (Å²) < 4.78 is 5.57. The predicted octanol–water partition coefficient (Wildman–Crippen LogP) is 2.15. The summed E-state index contributed by atoms with van der Waals surface area (Å²) in [5.41, 5.74) is 0.117. The highest BCUT2D eigenvalue weighted by molar-refractivity contribution is 7.99. The second kappa shape index (κ2) is 4.89. The van der Waals surface area contributed by atoms with Gasteiger partial charge < -0.3 is 10.1 Å². The third kappa shape index (κ3) is 2.57. The van der Waals surface area contributed by atoms with Crippen LogP contribution in [0.15, 0.2) is 30.3 Å². The minimum Gasteiger partial charge on any atom is -0.364 e. The number of hydrogen-bond donors (Lipinski definition) is 1. The first kappa shape index (κ1) is 11.5. The number of amides is 1. The number of thioether (sulfide) groups is 1. The Morgan fingerprint density at radius 2 is 2.19 bits per heavy atom. The summed E-state index contributed by atoms with van der Waals surface area (Å²) in [5.74, 6) is 1.62. The smallest absolute Gasteiger partial charge is 0.257 e. The summed E-state index contributed by atoms with van der Waals surface area (Å²) in [4.78, 5) is 12.0. The number of rotatable bonds is 2. The Kier molecular flexibility index (Phi) is 3.51. The van der Waals surface area contributed by atoms with Crippen molar-refractivity contribution in [1.29, 1.82) is 0 Å². The third-order valence-corrected chi connectivity index (χ3v) is 3.75. The quantitative estimate of drug-likeness (QED) is 0.856. The van der Waals surface area contributed by atoms with Crippen molar-refractivity contribution in [3.63, 3.8) is 0 Å². The van der Waals surface area contributed by atoms with E-state index < -0.39 is 5.60 Å². The van der Waals surface area contributed by atoms with Crippen LogP contribution in [0, 0.1) is 0 Å². The van der Waals surface area contributed by atoms with Gasteiger partial charge in [-0.15, -0.1) is 0 Å². The van der Waals surface area contributed by atoms with Crippen molar-refractivity contribution in [2.24, 2.45) is 0 Å². The largest absolute Gasteiger partial charge is 0.364 e. The predicted molar refractivity (Wildman–Crippen MR) is 66.8 cm³/mol. The van der Waals surface area contributed by atoms with Crippen molar-refractivity contribution in [2.75, 3.05) is 23.4 Å². The van der Waals surface area contributed by atoms with E-state index in [0.29, 0.717) is 12.4 Å². The molecule has 3 nitrogen and oxygen atoms in total. The molecule has 16 heavy (non-hydrogen) atoms. The molecule has 0 aliphatic carbocycles. The molecular weight excluding hydrogens is 222 g/mol. The molecule has 1 aliphatic rings. The Labute approximate surface area is 99.6 Å². The Bertz CT molecular complexity index is 361. The average Bonchev–Trinajstić information content (AvgIpc) is 2.31. The molecule has 1 aromatic rings. The minimum absolute atomic E-state index is 0.0640. The maximum absolute atomic E-state index is 12.0. The van der Waals surface area contributed by atoms with Gasteiger partial charge in [-0.05, 0) is 19.1 Å². The first-order valence-electron chi connectivity index (χ1n) is 5.29. The maximum atomic E-state index is 12.0. The van der Waals surface area contributed by atoms with Gasteiger partial charge in [-0.25, -0.2) is 0 Å². The summed E-state index contributed by atoms with van der Waals surface area (Å²) in [5, 5.41) is 2.87. The molecular formula is C12H15NO2S. The zero-order valence-corrected chi connectivity index (χ0v) is 10.0. The van der Waals surface area contributed by atoms with E-state index in [4.69, 9.17) is 4.74 Å². The van der Waals surface area contributed by atoms with Crippen LogP contribution in [0.4, 0.5) is 5.69 Å². The third-order valence-electron chi connectivity index (χ3n) is 2.54. The zero-order chi connectivity index (χ0) is 11.4. The van der Waals surface area contributed by atoms with E-state index in [2.05, 4.69) is 5.32 Å². The molecule has 1 amide bonds. The molecule has 1 aromatic carbocycles. The summed E-state index contributed by atoms with van der Waals surface area (Å²) in [7, 11) is 0. The van der Waals surface area contributed by atoms with Crippen LogP contribution in [0.5, 0.6) is 0 Å². The highest BCUT2D eigenvalue weighted by Gasteiger charge is 2.36. The number of nitrogens with one attached hydrogen (secondary N) is 1. The minimum atomic E-state index is -0.696. The number of carbonyl (C=O) groups excluding carboxylic acids is 1. The Hall–Kier alpha value is -1.00. The molecule has 0 radical (unpaired) electrons. The van der Waals surface area contributed by atoms with Crippen LogP contribution in [0.2, 0.25) is 0 Å². The van der Waals surface area contributed by atoms with Gasteiger partial charge in [0.15, 0.2) is 5.60 Å². The molecule has 2 rings (SSSR count). The number of hydrogen-bond acceptors (Lipinski definition) is 3. The SMILES string of the molecule is CC1(C(=O)Nc2ccccc2)CSCCO1. The fourth-order valence-corrected chi connectivity index (χ4v) is 2.50. The van der Waals surface area contributed by atoms with Crippen LogP contribution in [-0.2, 0) is 9.53 Å². The van der Waals surface area contributed by atoms with E-state index in [-0.39, 0.29) is 5.91 Å². The fourth-order valence-electron chi connectivity index (χ4n) is 1.55. The van der Waals surface area contributed by atoms with E-state index >= 15 is 0 Å². The molecule has 0 bridgehead atoms. The maximum Gasteiger partial charge on any atom is 0.257 e. The molecule has 1 N–H and O–H groups in total. The number of para-hydroxylation sites is 1. The van der Waals surface area contributed by atoms with E-state index in [1.165, 1.54) is 0 Å². The highest BCUT2D eigenvalue weighted by Crippen LogP contribution is 2.24. The van der Waals surface area contributed by atoms with Crippen molar-refractivity contribution in [3.05, 3.63) is 30.3 Å². The lowest BCUT2D eigenvalue weighted by atomic mass is 10.1. The van der Waals surface area contributed by atoms with E-state index in [1.807, 2.05) is 37.3 Å². The zero-order valence-electron chi connectivity index (χ0n) is 9.23. The van der Waals surface area contributed by atoms with Gasteiger partial charge in [-0.2, -0.15) is 11.8 Å². The molecule has 86 valence electrons. The lowest BCUT2D eigenvalue weighted by Gasteiger charge is -2.31. The van der Waals surface area contributed by atoms with Gasteiger partial charge in [0.05, 0.1) is 6.61 Å². The molecule has 1 saturated heterocycles. The summed E-state index contributed by atoms with van der Waals surface area (Å²) in [6, 6.07) is 9.46. The van der Waals surface area contributed by atoms with Crippen molar-refractivity contribution in [1.82, 2.24) is 0 Å². The van der Waals surface area contributed by atoms with Gasteiger partial charge in [0.2, 0.25) is 0 Å². The van der Waals surface area contributed by atoms with Crippen LogP contribution < -0.4 is 5.32 Å². The fraction of sp³-hybridized carbons (Fsp3) is 0.417. The van der Waals surface area contributed by atoms with Crippen molar-refractivity contribution in [2.45, 2.75) is 12.5 Å². The van der Waals surface area contributed by atoms with E-state index in [1.54, 1.807) is 11.8 Å². The topological polar surface area (TPSA) is 38.3 Å². The van der Waals surface area contributed by atoms with Gasteiger partial charge in [0, 0.05) is 17.2 Å².